The molecule has 112 valence electrons. The standard InChI is InChI=1S/C13H14FN3OS3/c14-7-3-9(11-10(4-7)16-13(19)17-11)12(18)15-5-8-6-20-1-2-21-8/h3-4,8H,1-2,5-6H2,(H,15,18)(H2,16,17,19)/t8-/m0/s1. The number of imidazole rings is 1. The van der Waals surface area contributed by atoms with Crippen LogP contribution in [0.25, 0.3) is 11.0 Å². The number of nitrogens with one attached hydrogen (secondary N) is 3. The first-order chi connectivity index (χ1) is 10.1. The zero-order valence-electron chi connectivity index (χ0n) is 11.1. The molecule has 4 nitrogen and oxygen atoms in total. The highest BCUT2D eigenvalue weighted by atomic mass is 32.2. The van der Waals surface area contributed by atoms with Gasteiger partial charge in [-0.15, -0.1) is 0 Å². The zero-order chi connectivity index (χ0) is 14.8. The predicted molar refractivity (Wildman–Crippen MR) is 89.3 cm³/mol. The lowest BCUT2D eigenvalue weighted by molar-refractivity contribution is 0.0955. The van der Waals surface area contributed by atoms with Crippen LogP contribution in [0.2, 0.25) is 0 Å². The molecular weight excluding hydrogens is 329 g/mol. The third-order valence-electron chi connectivity index (χ3n) is 3.21. The molecule has 1 amide bonds. The fourth-order valence-electron chi connectivity index (χ4n) is 2.24. The van der Waals surface area contributed by atoms with Gasteiger partial charge in [0.15, 0.2) is 4.77 Å². The summed E-state index contributed by atoms with van der Waals surface area (Å²) >= 11 is 8.77. The Kier molecular flexibility index (Phi) is 4.56. The number of aromatic amines is 2. The van der Waals surface area contributed by atoms with E-state index in [1.165, 1.54) is 17.9 Å². The van der Waals surface area contributed by atoms with Crippen molar-refractivity contribution < 1.29 is 9.18 Å². The van der Waals surface area contributed by atoms with Gasteiger partial charge in [0.05, 0.1) is 16.6 Å². The van der Waals surface area contributed by atoms with Gasteiger partial charge in [-0.1, -0.05) is 0 Å². The third kappa shape index (κ3) is 3.44. The summed E-state index contributed by atoms with van der Waals surface area (Å²) in [4.78, 5) is 18.0. The summed E-state index contributed by atoms with van der Waals surface area (Å²) in [5.74, 6) is 2.58. The maximum atomic E-state index is 13.6. The van der Waals surface area contributed by atoms with Gasteiger partial charge in [-0.3, -0.25) is 4.79 Å². The van der Waals surface area contributed by atoms with Gasteiger partial charge in [0, 0.05) is 29.1 Å². The highest BCUT2D eigenvalue weighted by Gasteiger charge is 2.18. The largest absolute Gasteiger partial charge is 0.351 e. The highest BCUT2D eigenvalue weighted by Crippen LogP contribution is 2.23. The summed E-state index contributed by atoms with van der Waals surface area (Å²) in [6.45, 7) is 0.597. The second-order valence-corrected chi connectivity index (χ2v) is 7.70. The zero-order valence-corrected chi connectivity index (χ0v) is 13.5. The number of halogens is 1. The first kappa shape index (κ1) is 14.9. The summed E-state index contributed by atoms with van der Waals surface area (Å²) in [6.07, 6.45) is 0. The summed E-state index contributed by atoms with van der Waals surface area (Å²) in [5.41, 5.74) is 1.34. The maximum Gasteiger partial charge on any atom is 0.253 e. The highest BCUT2D eigenvalue weighted by molar-refractivity contribution is 8.06. The van der Waals surface area contributed by atoms with Crippen LogP contribution in [0.15, 0.2) is 12.1 Å². The normalized spacial score (nSPS) is 18.8. The minimum absolute atomic E-state index is 0.277. The molecule has 1 fully saturated rings. The van der Waals surface area contributed by atoms with E-state index in [1.807, 2.05) is 23.5 Å². The Morgan fingerprint density at radius 2 is 2.29 bits per heavy atom. The number of carbonyl (C=O) groups is 1. The summed E-state index contributed by atoms with van der Waals surface area (Å²) in [5, 5.41) is 3.31. The number of aromatic nitrogens is 2. The molecule has 1 aromatic heterocycles. The number of thioether (sulfide) groups is 2. The Labute approximate surface area is 134 Å². The number of hydrogen-bond acceptors (Lipinski definition) is 4. The molecule has 1 aromatic carbocycles. The number of benzene rings is 1. The van der Waals surface area contributed by atoms with Crippen molar-refractivity contribution in [1.82, 2.24) is 15.3 Å². The lowest BCUT2D eigenvalue weighted by Crippen LogP contribution is -2.33. The average Bonchev–Trinajstić information content (AvgIpc) is 2.85. The van der Waals surface area contributed by atoms with Crippen molar-refractivity contribution >= 4 is 52.7 Å². The molecule has 0 spiro atoms. The van der Waals surface area contributed by atoms with Crippen LogP contribution in [0, 0.1) is 10.6 Å². The van der Waals surface area contributed by atoms with Crippen molar-refractivity contribution in [3.05, 3.63) is 28.3 Å². The van der Waals surface area contributed by atoms with Crippen LogP contribution in [0.3, 0.4) is 0 Å². The lowest BCUT2D eigenvalue weighted by Gasteiger charge is -2.21. The number of amides is 1. The molecule has 3 N–H and O–H groups in total. The van der Waals surface area contributed by atoms with Crippen molar-refractivity contribution in [2.75, 3.05) is 23.8 Å². The Morgan fingerprint density at radius 1 is 1.43 bits per heavy atom. The number of fused-ring (bicyclic) bond motifs is 1. The van der Waals surface area contributed by atoms with Crippen LogP contribution < -0.4 is 5.32 Å². The van der Waals surface area contributed by atoms with Crippen molar-refractivity contribution in [2.24, 2.45) is 0 Å². The SMILES string of the molecule is O=C(NC[C@H]1CSCCS1)c1cc(F)cc2[nH]c(=S)[nH]c12. The summed E-state index contributed by atoms with van der Waals surface area (Å²) in [7, 11) is 0. The van der Waals surface area contributed by atoms with Crippen molar-refractivity contribution in [3.63, 3.8) is 0 Å². The van der Waals surface area contributed by atoms with E-state index in [0.717, 1.165) is 11.5 Å². The minimum Gasteiger partial charge on any atom is -0.351 e. The molecule has 0 aliphatic carbocycles. The second-order valence-electron chi connectivity index (χ2n) is 4.73. The first-order valence-corrected chi connectivity index (χ1v) is 9.14. The Balaban J connectivity index is 1.79. The smallest absolute Gasteiger partial charge is 0.253 e. The van der Waals surface area contributed by atoms with E-state index in [-0.39, 0.29) is 11.5 Å². The van der Waals surface area contributed by atoms with Gasteiger partial charge < -0.3 is 15.3 Å². The fraction of sp³-hybridized carbons (Fsp3) is 0.385. The maximum absolute atomic E-state index is 13.6. The van der Waals surface area contributed by atoms with Gasteiger partial charge in [0.2, 0.25) is 0 Å². The molecule has 0 saturated carbocycles. The van der Waals surface area contributed by atoms with Gasteiger partial charge in [-0.2, -0.15) is 23.5 Å². The van der Waals surface area contributed by atoms with E-state index in [4.69, 9.17) is 12.2 Å². The fourth-order valence-corrected chi connectivity index (χ4v) is 5.07. The molecule has 1 aliphatic heterocycles. The molecule has 1 atom stereocenters. The Morgan fingerprint density at radius 3 is 3.05 bits per heavy atom. The molecule has 3 rings (SSSR count). The molecule has 21 heavy (non-hydrogen) atoms. The molecule has 0 radical (unpaired) electrons. The van der Waals surface area contributed by atoms with Gasteiger partial charge in [-0.05, 0) is 24.4 Å². The average molecular weight is 343 g/mol. The van der Waals surface area contributed by atoms with Crippen LogP contribution in [0.4, 0.5) is 4.39 Å². The molecule has 1 aliphatic rings. The molecule has 2 aromatic rings. The minimum atomic E-state index is -0.458. The van der Waals surface area contributed by atoms with E-state index in [1.54, 1.807) is 0 Å². The van der Waals surface area contributed by atoms with Gasteiger partial charge in [-0.25, -0.2) is 4.39 Å². The van der Waals surface area contributed by atoms with Gasteiger partial charge >= 0.3 is 0 Å². The van der Waals surface area contributed by atoms with Gasteiger partial charge in [0.1, 0.15) is 5.82 Å². The number of H-pyrrole nitrogens is 2. The number of carbonyl (C=O) groups excluding carboxylic acids is 1. The van der Waals surface area contributed by atoms with Crippen LogP contribution >= 0.6 is 35.7 Å². The molecule has 0 bridgehead atoms. The van der Waals surface area contributed by atoms with Crippen LogP contribution in [-0.2, 0) is 0 Å². The van der Waals surface area contributed by atoms with Crippen molar-refractivity contribution in [1.29, 1.82) is 0 Å². The molecule has 2 heterocycles. The topological polar surface area (TPSA) is 60.7 Å². The lowest BCUT2D eigenvalue weighted by atomic mass is 10.1. The summed E-state index contributed by atoms with van der Waals surface area (Å²) < 4.78 is 14.0. The van der Waals surface area contributed by atoms with E-state index in [0.29, 0.717) is 27.6 Å². The third-order valence-corrected chi connectivity index (χ3v) is 6.26. The Hall–Kier alpha value is -0.990. The van der Waals surface area contributed by atoms with Crippen molar-refractivity contribution in [3.8, 4) is 0 Å². The second kappa shape index (κ2) is 6.41. The van der Waals surface area contributed by atoms with E-state index >= 15 is 0 Å². The monoisotopic (exact) mass is 343 g/mol. The number of rotatable bonds is 3. The summed E-state index contributed by atoms with van der Waals surface area (Å²) in [6, 6.07) is 2.56. The Bertz CT molecular complexity index is 721. The van der Waals surface area contributed by atoms with E-state index < -0.39 is 5.82 Å². The molecule has 1 saturated heterocycles. The molecule has 0 unspecified atom stereocenters. The van der Waals surface area contributed by atoms with Crippen LogP contribution in [-0.4, -0.2) is 44.9 Å². The molecule has 8 heteroatoms. The van der Waals surface area contributed by atoms with E-state index in [2.05, 4.69) is 15.3 Å². The van der Waals surface area contributed by atoms with Crippen LogP contribution in [0.1, 0.15) is 10.4 Å². The quantitative estimate of drug-likeness (QED) is 0.750. The predicted octanol–water partition coefficient (Wildman–Crippen LogP) is 2.94. The first-order valence-electron chi connectivity index (χ1n) is 6.52. The molecular formula is C13H14FN3OS3. The van der Waals surface area contributed by atoms with Crippen molar-refractivity contribution in [2.45, 2.75) is 5.25 Å². The van der Waals surface area contributed by atoms with Crippen LogP contribution in [0.5, 0.6) is 0 Å². The van der Waals surface area contributed by atoms with Gasteiger partial charge in [0.25, 0.3) is 5.91 Å². The van der Waals surface area contributed by atoms with E-state index in [9.17, 15) is 9.18 Å². The number of hydrogen-bond donors (Lipinski definition) is 3.